The molecule has 2 aliphatic carbocycles. The fourth-order valence-corrected chi connectivity index (χ4v) is 5.26. The monoisotopic (exact) mass is 384 g/mol. The SMILES string of the molecule is CCCC1CCC(c2ccc([C@H]3CC[C@H](CC)C(F)(F)C3(F)F)cc2)CC1. The van der Waals surface area contributed by atoms with Crippen LogP contribution in [0.25, 0.3) is 0 Å². The topological polar surface area (TPSA) is 0 Å². The minimum Gasteiger partial charge on any atom is -0.200 e. The Morgan fingerprint density at radius 2 is 1.37 bits per heavy atom. The van der Waals surface area contributed by atoms with Crippen molar-refractivity contribution >= 4 is 0 Å². The second-order valence-electron chi connectivity index (χ2n) is 8.65. The van der Waals surface area contributed by atoms with E-state index in [-0.39, 0.29) is 19.3 Å². The predicted molar refractivity (Wildman–Crippen MR) is 102 cm³/mol. The fourth-order valence-electron chi connectivity index (χ4n) is 5.26. The van der Waals surface area contributed by atoms with Gasteiger partial charge in [0.2, 0.25) is 0 Å². The molecule has 0 aromatic heterocycles. The molecule has 4 heteroatoms. The van der Waals surface area contributed by atoms with Crippen LogP contribution in [-0.2, 0) is 0 Å². The van der Waals surface area contributed by atoms with Crippen LogP contribution in [0, 0.1) is 11.8 Å². The lowest BCUT2D eigenvalue weighted by Crippen LogP contribution is -2.53. The van der Waals surface area contributed by atoms with E-state index in [1.165, 1.54) is 31.2 Å². The van der Waals surface area contributed by atoms with Crippen LogP contribution in [0.4, 0.5) is 17.6 Å². The summed E-state index contributed by atoms with van der Waals surface area (Å²) in [7, 11) is 0. The van der Waals surface area contributed by atoms with Gasteiger partial charge < -0.3 is 0 Å². The highest BCUT2D eigenvalue weighted by Gasteiger charge is 2.66. The molecule has 1 aromatic carbocycles. The Bertz CT molecular complexity index is 599. The van der Waals surface area contributed by atoms with Gasteiger partial charge in [-0.15, -0.1) is 0 Å². The average molecular weight is 385 g/mol. The summed E-state index contributed by atoms with van der Waals surface area (Å²) in [5.74, 6) is -9.22. The molecule has 2 saturated carbocycles. The van der Waals surface area contributed by atoms with E-state index in [1.54, 1.807) is 19.1 Å². The maximum absolute atomic E-state index is 14.6. The van der Waals surface area contributed by atoms with Gasteiger partial charge in [-0.3, -0.25) is 0 Å². The lowest BCUT2D eigenvalue weighted by molar-refractivity contribution is -0.265. The molecular formula is C23H32F4. The predicted octanol–water partition coefficient (Wildman–Crippen LogP) is 7.93. The van der Waals surface area contributed by atoms with Crippen molar-refractivity contribution in [1.82, 2.24) is 0 Å². The Labute approximate surface area is 160 Å². The molecule has 27 heavy (non-hydrogen) atoms. The number of halogens is 4. The average Bonchev–Trinajstić information content (AvgIpc) is 2.65. The van der Waals surface area contributed by atoms with E-state index in [0.29, 0.717) is 11.5 Å². The van der Waals surface area contributed by atoms with Gasteiger partial charge >= 0.3 is 11.8 Å². The molecule has 0 spiro atoms. The van der Waals surface area contributed by atoms with Crippen molar-refractivity contribution in [2.24, 2.45) is 11.8 Å². The van der Waals surface area contributed by atoms with Crippen LogP contribution in [0.1, 0.15) is 94.6 Å². The Hall–Kier alpha value is -1.06. The van der Waals surface area contributed by atoms with Crippen LogP contribution in [-0.4, -0.2) is 11.8 Å². The summed E-state index contributed by atoms with van der Waals surface area (Å²) in [4.78, 5) is 0. The van der Waals surface area contributed by atoms with Gasteiger partial charge in [-0.1, -0.05) is 51.0 Å². The van der Waals surface area contributed by atoms with Gasteiger partial charge in [0.25, 0.3) is 0 Å². The van der Waals surface area contributed by atoms with E-state index in [1.807, 2.05) is 12.1 Å². The minimum atomic E-state index is -3.98. The van der Waals surface area contributed by atoms with Crippen LogP contribution in [0.15, 0.2) is 24.3 Å². The second kappa shape index (κ2) is 8.13. The molecule has 0 unspecified atom stereocenters. The van der Waals surface area contributed by atoms with Crippen LogP contribution >= 0.6 is 0 Å². The van der Waals surface area contributed by atoms with E-state index in [2.05, 4.69) is 6.92 Å². The molecule has 0 saturated heterocycles. The molecule has 0 N–H and O–H groups in total. The number of rotatable bonds is 5. The zero-order valence-electron chi connectivity index (χ0n) is 16.5. The van der Waals surface area contributed by atoms with Gasteiger partial charge in [-0.2, -0.15) is 17.6 Å². The Morgan fingerprint density at radius 1 is 0.778 bits per heavy atom. The zero-order valence-corrected chi connectivity index (χ0v) is 16.5. The van der Waals surface area contributed by atoms with E-state index < -0.39 is 23.7 Å². The third-order valence-electron chi connectivity index (χ3n) is 7.05. The molecule has 0 aliphatic heterocycles. The molecule has 2 fully saturated rings. The number of benzene rings is 1. The van der Waals surface area contributed by atoms with Crippen LogP contribution in [0.3, 0.4) is 0 Å². The van der Waals surface area contributed by atoms with Gasteiger partial charge in [0, 0.05) is 5.92 Å². The van der Waals surface area contributed by atoms with Gasteiger partial charge in [0.1, 0.15) is 0 Å². The quantitative estimate of drug-likeness (QED) is 0.452. The third kappa shape index (κ3) is 3.91. The van der Waals surface area contributed by atoms with Crippen molar-refractivity contribution in [2.45, 2.75) is 95.3 Å². The Balaban J connectivity index is 1.70. The van der Waals surface area contributed by atoms with E-state index in [9.17, 15) is 17.6 Å². The fraction of sp³-hybridized carbons (Fsp3) is 0.739. The van der Waals surface area contributed by atoms with Crippen molar-refractivity contribution in [3.8, 4) is 0 Å². The lowest BCUT2D eigenvalue weighted by atomic mass is 9.72. The highest BCUT2D eigenvalue weighted by atomic mass is 19.3. The Kier molecular flexibility index (Phi) is 6.22. The summed E-state index contributed by atoms with van der Waals surface area (Å²) in [6, 6.07) is 7.16. The van der Waals surface area contributed by atoms with Crippen molar-refractivity contribution in [3.63, 3.8) is 0 Å². The first-order valence-corrected chi connectivity index (χ1v) is 10.7. The van der Waals surface area contributed by atoms with Crippen LogP contribution < -0.4 is 0 Å². The molecule has 0 nitrogen and oxygen atoms in total. The lowest BCUT2D eigenvalue weighted by Gasteiger charge is -2.42. The molecular weight excluding hydrogens is 352 g/mol. The number of hydrogen-bond donors (Lipinski definition) is 0. The standard InChI is InChI=1S/C23H32F4/c1-3-5-16-6-8-17(9-7-16)18-10-12-19(13-11-18)21-15-14-20(4-2)22(24,25)23(21,26)27/h10-13,16-17,20-21H,3-9,14-15H2,1-2H3/t16?,17?,20-,21+/m0/s1. The summed E-state index contributed by atoms with van der Waals surface area (Å²) in [6.45, 7) is 3.79. The third-order valence-corrected chi connectivity index (χ3v) is 7.05. The molecule has 0 bridgehead atoms. The van der Waals surface area contributed by atoms with E-state index in [0.717, 1.165) is 18.8 Å². The van der Waals surface area contributed by atoms with Gasteiger partial charge in [-0.05, 0) is 67.9 Å². The largest absolute Gasteiger partial charge is 0.317 e. The molecule has 3 rings (SSSR count). The first-order valence-electron chi connectivity index (χ1n) is 10.7. The van der Waals surface area contributed by atoms with Crippen molar-refractivity contribution < 1.29 is 17.6 Å². The van der Waals surface area contributed by atoms with E-state index >= 15 is 0 Å². The first-order chi connectivity index (χ1) is 12.8. The number of alkyl halides is 4. The number of hydrogen-bond acceptors (Lipinski definition) is 0. The van der Waals surface area contributed by atoms with Gasteiger partial charge in [-0.25, -0.2) is 0 Å². The van der Waals surface area contributed by atoms with Gasteiger partial charge in [0.15, 0.2) is 0 Å². The maximum Gasteiger partial charge on any atom is 0.317 e. The first kappa shape index (κ1) is 20.7. The highest BCUT2D eigenvalue weighted by Crippen LogP contribution is 2.56. The normalized spacial score (nSPS) is 33.0. The van der Waals surface area contributed by atoms with Crippen molar-refractivity contribution in [1.29, 1.82) is 0 Å². The molecule has 0 amide bonds. The summed E-state index contributed by atoms with van der Waals surface area (Å²) >= 11 is 0. The molecule has 2 aliphatic rings. The summed E-state index contributed by atoms with van der Waals surface area (Å²) in [5, 5.41) is 0. The summed E-state index contributed by atoms with van der Waals surface area (Å²) in [6.07, 6.45) is 7.62. The zero-order chi connectivity index (χ0) is 19.7. The van der Waals surface area contributed by atoms with Crippen LogP contribution in [0.2, 0.25) is 0 Å². The molecule has 0 heterocycles. The van der Waals surface area contributed by atoms with Gasteiger partial charge in [0.05, 0.1) is 5.92 Å². The van der Waals surface area contributed by atoms with E-state index in [4.69, 9.17) is 0 Å². The smallest absolute Gasteiger partial charge is 0.200 e. The van der Waals surface area contributed by atoms with Crippen molar-refractivity contribution in [3.05, 3.63) is 35.4 Å². The molecule has 152 valence electrons. The molecule has 1 aromatic rings. The summed E-state index contributed by atoms with van der Waals surface area (Å²) in [5.41, 5.74) is 1.53. The minimum absolute atomic E-state index is 0.0922. The van der Waals surface area contributed by atoms with Crippen molar-refractivity contribution in [2.75, 3.05) is 0 Å². The highest BCUT2D eigenvalue weighted by molar-refractivity contribution is 5.31. The summed E-state index contributed by atoms with van der Waals surface area (Å²) < 4.78 is 57.8. The molecule has 0 radical (unpaired) electrons. The van der Waals surface area contributed by atoms with Crippen LogP contribution in [0.5, 0.6) is 0 Å². The molecule has 2 atom stereocenters. The second-order valence-corrected chi connectivity index (χ2v) is 8.65. The maximum atomic E-state index is 14.6. The Morgan fingerprint density at radius 3 is 1.93 bits per heavy atom.